The quantitative estimate of drug-likeness (QED) is 0.0182. The molecule has 18 nitrogen and oxygen atoms in total. The minimum Gasteiger partial charge on any atom is -0.465 e. The van der Waals surface area contributed by atoms with Crippen LogP contribution in [0.25, 0.3) is 0 Å². The molecule has 0 heterocycles. The maximum atomic E-state index is 15.2. The minimum atomic E-state index is -0.919. The van der Waals surface area contributed by atoms with Crippen LogP contribution in [0.2, 0.25) is 0 Å². The van der Waals surface area contributed by atoms with E-state index in [0.29, 0.717) is 61.0 Å². The number of rotatable bonds is 38. The van der Waals surface area contributed by atoms with Crippen LogP contribution >= 0.6 is 0 Å². The van der Waals surface area contributed by atoms with Crippen molar-refractivity contribution < 1.29 is 47.8 Å². The van der Waals surface area contributed by atoms with E-state index in [1.807, 2.05) is 9.80 Å². The third-order valence-corrected chi connectivity index (χ3v) is 15.0. The highest BCUT2D eigenvalue weighted by Crippen LogP contribution is 2.27. The zero-order valence-corrected chi connectivity index (χ0v) is 51.1. The van der Waals surface area contributed by atoms with Gasteiger partial charge in [-0.1, -0.05) is 132 Å². The molecular formula is C64H94N8O10. The highest BCUT2D eigenvalue weighted by atomic mass is 16.5. The topological polar surface area (TPSA) is 234 Å². The molecule has 0 spiro atoms. The summed E-state index contributed by atoms with van der Waals surface area (Å²) in [5.74, 6) is -3.85. The Balaban J connectivity index is 2.08. The molecule has 82 heavy (non-hydrogen) atoms. The monoisotopic (exact) mass is 1130 g/mol. The Labute approximate surface area is 487 Å². The molecule has 4 unspecified atom stereocenters. The Morgan fingerprint density at radius 3 is 1.15 bits per heavy atom. The van der Waals surface area contributed by atoms with Gasteiger partial charge in [0.15, 0.2) is 23.0 Å². The number of esters is 2. The van der Waals surface area contributed by atoms with Crippen molar-refractivity contribution in [3.05, 3.63) is 82.9 Å². The molecule has 3 aromatic rings. The van der Waals surface area contributed by atoms with Gasteiger partial charge in [0.25, 0.3) is 23.6 Å². The van der Waals surface area contributed by atoms with Crippen molar-refractivity contribution in [2.75, 3.05) is 61.9 Å². The van der Waals surface area contributed by atoms with Gasteiger partial charge in [0.2, 0.25) is 0 Å². The molecule has 0 aliphatic heterocycles. The first kappa shape index (κ1) is 69.0. The van der Waals surface area contributed by atoms with Crippen LogP contribution in [0.1, 0.15) is 213 Å². The molecule has 0 saturated carbocycles. The Morgan fingerprint density at radius 1 is 0.451 bits per heavy atom. The van der Waals surface area contributed by atoms with Gasteiger partial charge in [-0.05, 0) is 110 Å². The van der Waals surface area contributed by atoms with E-state index >= 15 is 9.59 Å². The van der Waals surface area contributed by atoms with Crippen LogP contribution in [0, 0.1) is 23.7 Å². The van der Waals surface area contributed by atoms with Crippen molar-refractivity contribution in [2.45, 2.75) is 172 Å². The number of nitrogens with zero attached hydrogens (tertiary/aromatic N) is 4. The summed E-state index contributed by atoms with van der Waals surface area (Å²) in [6.45, 7) is 22.0. The second kappa shape index (κ2) is 37.0. The van der Waals surface area contributed by atoms with Gasteiger partial charge in [0.05, 0.1) is 36.7 Å². The number of hydrazone groups is 2. The number of hydrogen-bond acceptors (Lipinski definition) is 14. The smallest absolute Gasteiger partial charge is 0.340 e. The van der Waals surface area contributed by atoms with Crippen molar-refractivity contribution in [1.82, 2.24) is 9.80 Å². The molecule has 3 rings (SSSR count). The molecule has 0 radical (unpaired) electrons. The maximum Gasteiger partial charge on any atom is 0.340 e. The number of hydrogen-bond donors (Lipinski definition) is 4. The number of Topliss-reactive ketones (excluding diaryl/α,β-unsaturated/α-hetero) is 2. The molecule has 0 fully saturated rings. The van der Waals surface area contributed by atoms with Gasteiger partial charge in [-0.2, -0.15) is 10.2 Å². The molecule has 0 aliphatic carbocycles. The number of carbonyl (C=O) groups is 8. The van der Waals surface area contributed by atoms with E-state index in [9.17, 15) is 28.8 Å². The third kappa shape index (κ3) is 22.3. The number of carbonyl (C=O) groups excluding carboxylic acids is 8. The highest BCUT2D eigenvalue weighted by Gasteiger charge is 2.28. The number of unbranched alkanes of at least 4 members (excludes halogenated alkanes) is 4. The van der Waals surface area contributed by atoms with Crippen LogP contribution in [-0.4, -0.2) is 109 Å². The third-order valence-electron chi connectivity index (χ3n) is 15.0. The van der Waals surface area contributed by atoms with Crippen LogP contribution in [0.3, 0.4) is 0 Å². The first-order chi connectivity index (χ1) is 39.3. The molecule has 0 bridgehead atoms. The molecule has 4 amide bonds. The number of ketones is 2. The summed E-state index contributed by atoms with van der Waals surface area (Å²) in [6, 6.07) is 14.7. The van der Waals surface area contributed by atoms with Crippen LogP contribution < -0.4 is 21.5 Å². The maximum absolute atomic E-state index is 15.2. The summed E-state index contributed by atoms with van der Waals surface area (Å²) in [5.41, 5.74) is 5.66. The summed E-state index contributed by atoms with van der Waals surface area (Å²) in [7, 11) is 2.35. The fourth-order valence-corrected chi connectivity index (χ4v) is 9.70. The molecule has 18 heteroatoms. The molecule has 3 aromatic carbocycles. The fourth-order valence-electron chi connectivity index (χ4n) is 9.70. The second-order valence-electron chi connectivity index (χ2n) is 21.4. The van der Waals surface area contributed by atoms with Crippen molar-refractivity contribution in [3.63, 3.8) is 0 Å². The van der Waals surface area contributed by atoms with Crippen molar-refractivity contribution >= 4 is 81.3 Å². The standard InChI is InChI=1S/C64H94N8O10/c1-13-21-25-45(17-5)39-71(40-46(18-6)26-22-14-2)61(77)50-35-51(62(78)72(41-47(19-7)27-23-15-3)42-48(20-8)28-24-16-4)37-54(36-50)67-69-57(43(9)73)59(75)65-52-30-32-53(33-31-52)66-60(76)58(44(10)74)70-68-56-38-49(63(79)81-11)29-34-55(56)64(80)82-12/h29-38,45-48,67-68H,13-28,39-42H2,1-12H3,(H,65,75)(H,66,76)/b69-57-,70-58-. The predicted octanol–water partition coefficient (Wildman–Crippen LogP) is 13.0. The van der Waals surface area contributed by atoms with Gasteiger partial charge in [-0.15, -0.1) is 0 Å². The number of ether oxygens (including phenoxy) is 2. The number of anilines is 4. The molecule has 4 atom stereocenters. The predicted molar refractivity (Wildman–Crippen MR) is 328 cm³/mol. The summed E-state index contributed by atoms with van der Waals surface area (Å²) in [6.07, 6.45) is 16.1. The fraction of sp³-hybridized carbons (Fsp3) is 0.562. The molecule has 450 valence electrons. The van der Waals surface area contributed by atoms with Gasteiger partial charge in [-0.3, -0.25) is 39.6 Å². The Bertz CT molecular complexity index is 2540. The zero-order chi connectivity index (χ0) is 60.7. The highest BCUT2D eigenvalue weighted by molar-refractivity contribution is 6.67. The van der Waals surface area contributed by atoms with Gasteiger partial charge in [0.1, 0.15) is 0 Å². The van der Waals surface area contributed by atoms with Gasteiger partial charge >= 0.3 is 11.9 Å². The molecule has 0 aromatic heterocycles. The summed E-state index contributed by atoms with van der Waals surface area (Å²) in [4.78, 5) is 112. The van der Waals surface area contributed by atoms with E-state index in [-0.39, 0.29) is 45.7 Å². The lowest BCUT2D eigenvalue weighted by Gasteiger charge is -2.32. The summed E-state index contributed by atoms with van der Waals surface area (Å²) in [5, 5.41) is 13.5. The average Bonchev–Trinajstić information content (AvgIpc) is 3.54. The van der Waals surface area contributed by atoms with Crippen LogP contribution in [-0.2, 0) is 28.7 Å². The summed E-state index contributed by atoms with van der Waals surface area (Å²) >= 11 is 0. The van der Waals surface area contributed by atoms with Gasteiger partial charge < -0.3 is 29.9 Å². The average molecular weight is 1140 g/mol. The van der Waals surface area contributed by atoms with E-state index < -0.39 is 46.7 Å². The molecular weight excluding hydrogens is 1040 g/mol. The van der Waals surface area contributed by atoms with Crippen LogP contribution in [0.5, 0.6) is 0 Å². The number of amides is 4. The first-order valence-corrected chi connectivity index (χ1v) is 29.8. The normalized spacial score (nSPS) is 13.0. The Hall–Kier alpha value is -7.24. The van der Waals surface area contributed by atoms with Gasteiger partial charge in [0, 0.05) is 62.5 Å². The first-order valence-electron chi connectivity index (χ1n) is 29.8. The van der Waals surface area contributed by atoms with E-state index in [0.717, 1.165) is 117 Å². The van der Waals surface area contributed by atoms with Crippen LogP contribution in [0.4, 0.5) is 22.7 Å². The Kier molecular flexibility index (Phi) is 31.1. The van der Waals surface area contributed by atoms with Crippen molar-refractivity contribution in [2.24, 2.45) is 33.9 Å². The number of benzene rings is 3. The van der Waals surface area contributed by atoms with E-state index in [1.54, 1.807) is 18.2 Å². The minimum absolute atomic E-state index is 0.0347. The summed E-state index contributed by atoms with van der Waals surface area (Å²) < 4.78 is 9.59. The lowest BCUT2D eigenvalue weighted by atomic mass is 9.94. The van der Waals surface area contributed by atoms with Crippen molar-refractivity contribution in [1.29, 1.82) is 0 Å². The second-order valence-corrected chi connectivity index (χ2v) is 21.4. The van der Waals surface area contributed by atoms with E-state index in [2.05, 4.69) is 87.1 Å². The van der Waals surface area contributed by atoms with Crippen LogP contribution in [0.15, 0.2) is 70.9 Å². The molecule has 4 N–H and O–H groups in total. The molecule has 0 saturated heterocycles. The Morgan fingerprint density at radius 2 is 0.817 bits per heavy atom. The largest absolute Gasteiger partial charge is 0.465 e. The van der Waals surface area contributed by atoms with Gasteiger partial charge in [-0.25, -0.2) is 9.59 Å². The van der Waals surface area contributed by atoms with E-state index in [1.165, 1.54) is 56.5 Å². The number of nitrogens with one attached hydrogen (secondary N) is 4. The lowest BCUT2D eigenvalue weighted by molar-refractivity contribution is -0.116. The molecule has 0 aliphatic rings. The van der Waals surface area contributed by atoms with E-state index in [4.69, 9.17) is 9.47 Å². The zero-order valence-electron chi connectivity index (χ0n) is 51.1. The van der Waals surface area contributed by atoms with Crippen molar-refractivity contribution in [3.8, 4) is 0 Å². The number of methoxy groups -OCH3 is 2. The SMILES string of the molecule is CCCCC(CC)CN(CC(CC)CCCC)C(=O)c1cc(N/N=C(/C(C)=O)C(=O)Nc2ccc(NC(=O)/C(=N\Nc3cc(C(=O)OC)ccc3C(=O)OC)C(C)=O)cc2)cc(C(=O)N(CC(CC)CCCC)CC(CC)CCCC)c1. The lowest BCUT2D eigenvalue weighted by Crippen LogP contribution is -2.40.